The summed E-state index contributed by atoms with van der Waals surface area (Å²) in [4.78, 5) is 11.8. The number of rotatable bonds is 6. The van der Waals surface area contributed by atoms with E-state index >= 15 is 0 Å². The number of carbonyl (C=O) groups is 1. The first-order valence-corrected chi connectivity index (χ1v) is 8.70. The van der Waals surface area contributed by atoms with Crippen LogP contribution in [0.15, 0.2) is 30.3 Å². The highest BCUT2D eigenvalue weighted by Crippen LogP contribution is 2.33. The van der Waals surface area contributed by atoms with E-state index in [4.69, 9.17) is 4.74 Å². The van der Waals surface area contributed by atoms with E-state index in [1.807, 2.05) is 24.5 Å². The highest BCUT2D eigenvalue weighted by atomic mass is 32.2. The number of ether oxygens (including phenoxy) is 1. The monoisotopic (exact) mass is 308 g/mol. The maximum Gasteiger partial charge on any atom is 0.314 e. The van der Waals surface area contributed by atoms with Crippen molar-refractivity contribution in [2.45, 2.75) is 24.7 Å². The van der Waals surface area contributed by atoms with E-state index < -0.39 is 0 Å². The SMILES string of the molecule is CS[C@@H](C)CNC(=O)NC[C@@H]1CCO[C@H]1c1ccccc1. The summed E-state index contributed by atoms with van der Waals surface area (Å²) in [5.74, 6) is 0.344. The minimum atomic E-state index is -0.0883. The molecule has 0 unspecified atom stereocenters. The molecule has 1 fully saturated rings. The van der Waals surface area contributed by atoms with Crippen molar-refractivity contribution < 1.29 is 9.53 Å². The molecule has 5 heteroatoms. The van der Waals surface area contributed by atoms with Crippen LogP contribution in [-0.4, -0.2) is 37.2 Å². The van der Waals surface area contributed by atoms with Gasteiger partial charge in [0.2, 0.25) is 0 Å². The molecule has 1 aromatic carbocycles. The lowest BCUT2D eigenvalue weighted by molar-refractivity contribution is 0.0910. The minimum absolute atomic E-state index is 0.0883. The van der Waals surface area contributed by atoms with Crippen molar-refractivity contribution in [3.05, 3.63) is 35.9 Å². The Labute approximate surface area is 131 Å². The van der Waals surface area contributed by atoms with Gasteiger partial charge in [-0.25, -0.2) is 4.79 Å². The van der Waals surface area contributed by atoms with Gasteiger partial charge in [0.1, 0.15) is 0 Å². The second-order valence-electron chi connectivity index (χ2n) is 5.39. The first-order valence-electron chi connectivity index (χ1n) is 7.41. The summed E-state index contributed by atoms with van der Waals surface area (Å²) >= 11 is 1.75. The lowest BCUT2D eigenvalue weighted by atomic mass is 9.95. The summed E-state index contributed by atoms with van der Waals surface area (Å²) in [6.07, 6.45) is 3.13. The van der Waals surface area contributed by atoms with Gasteiger partial charge in [0.15, 0.2) is 0 Å². The highest BCUT2D eigenvalue weighted by molar-refractivity contribution is 7.99. The van der Waals surface area contributed by atoms with Crippen molar-refractivity contribution >= 4 is 17.8 Å². The molecule has 2 N–H and O–H groups in total. The van der Waals surface area contributed by atoms with Crippen LogP contribution in [0.1, 0.15) is 25.0 Å². The number of urea groups is 1. The Kier molecular flexibility index (Phi) is 6.39. The van der Waals surface area contributed by atoms with E-state index in [1.165, 1.54) is 5.56 Å². The van der Waals surface area contributed by atoms with E-state index in [2.05, 4.69) is 29.7 Å². The summed E-state index contributed by atoms with van der Waals surface area (Å²) in [5, 5.41) is 6.30. The van der Waals surface area contributed by atoms with Gasteiger partial charge in [-0.05, 0) is 18.2 Å². The molecule has 0 aliphatic carbocycles. The van der Waals surface area contributed by atoms with E-state index in [9.17, 15) is 4.79 Å². The molecule has 3 atom stereocenters. The average molecular weight is 308 g/mol. The molecular formula is C16H24N2O2S. The highest BCUT2D eigenvalue weighted by Gasteiger charge is 2.29. The Morgan fingerprint density at radius 2 is 2.14 bits per heavy atom. The van der Waals surface area contributed by atoms with Crippen molar-refractivity contribution in [2.24, 2.45) is 5.92 Å². The molecule has 21 heavy (non-hydrogen) atoms. The minimum Gasteiger partial charge on any atom is -0.373 e. The van der Waals surface area contributed by atoms with Gasteiger partial charge in [-0.15, -0.1) is 0 Å². The molecule has 1 aliphatic rings. The van der Waals surface area contributed by atoms with Gasteiger partial charge in [-0.1, -0.05) is 37.3 Å². The molecule has 0 aromatic heterocycles. The molecule has 2 rings (SSSR count). The summed E-state index contributed by atoms with van der Waals surface area (Å²) in [6.45, 7) is 4.20. The van der Waals surface area contributed by atoms with Gasteiger partial charge < -0.3 is 15.4 Å². The van der Waals surface area contributed by atoms with Crippen LogP contribution < -0.4 is 10.6 Å². The van der Waals surface area contributed by atoms with Gasteiger partial charge in [-0.2, -0.15) is 11.8 Å². The topological polar surface area (TPSA) is 50.4 Å². The second kappa shape index (κ2) is 8.29. The third-order valence-corrected chi connectivity index (χ3v) is 4.79. The average Bonchev–Trinajstić information content (AvgIpc) is 2.99. The molecule has 116 valence electrons. The molecule has 1 aliphatic heterocycles. The lowest BCUT2D eigenvalue weighted by Crippen LogP contribution is -2.40. The summed E-state index contributed by atoms with van der Waals surface area (Å²) in [5.41, 5.74) is 1.19. The van der Waals surface area contributed by atoms with E-state index in [0.717, 1.165) is 13.0 Å². The first-order chi connectivity index (χ1) is 10.2. The van der Waals surface area contributed by atoms with Crippen molar-refractivity contribution in [3.8, 4) is 0 Å². The number of nitrogens with one attached hydrogen (secondary N) is 2. The molecule has 0 radical (unpaired) electrons. The van der Waals surface area contributed by atoms with Gasteiger partial charge in [0, 0.05) is 30.9 Å². The number of hydrogen-bond acceptors (Lipinski definition) is 3. The van der Waals surface area contributed by atoms with Crippen LogP contribution in [0.5, 0.6) is 0 Å². The molecule has 1 heterocycles. The Hall–Kier alpha value is -1.20. The van der Waals surface area contributed by atoms with Crippen molar-refractivity contribution in [3.63, 3.8) is 0 Å². The zero-order valence-electron chi connectivity index (χ0n) is 12.7. The fourth-order valence-electron chi connectivity index (χ4n) is 2.46. The van der Waals surface area contributed by atoms with Gasteiger partial charge in [0.05, 0.1) is 6.10 Å². The molecule has 1 saturated heterocycles. The molecule has 0 bridgehead atoms. The number of amides is 2. The third kappa shape index (κ3) is 4.93. The number of thioether (sulfide) groups is 1. The molecule has 0 saturated carbocycles. The smallest absolute Gasteiger partial charge is 0.314 e. The quantitative estimate of drug-likeness (QED) is 0.849. The molecule has 1 aromatic rings. The molecule has 4 nitrogen and oxygen atoms in total. The Morgan fingerprint density at radius 1 is 1.38 bits per heavy atom. The van der Waals surface area contributed by atoms with Crippen molar-refractivity contribution in [1.82, 2.24) is 10.6 Å². The molecule has 2 amide bonds. The Bertz CT molecular complexity index is 441. The van der Waals surface area contributed by atoms with Gasteiger partial charge in [0.25, 0.3) is 0 Å². The van der Waals surface area contributed by atoms with E-state index in [-0.39, 0.29) is 12.1 Å². The van der Waals surface area contributed by atoms with Crippen LogP contribution in [0.2, 0.25) is 0 Å². The second-order valence-corrected chi connectivity index (χ2v) is 6.66. The van der Waals surface area contributed by atoms with E-state index in [0.29, 0.717) is 24.3 Å². The van der Waals surface area contributed by atoms with Crippen LogP contribution in [-0.2, 0) is 4.74 Å². The van der Waals surface area contributed by atoms with Crippen LogP contribution in [0.25, 0.3) is 0 Å². The third-order valence-electron chi connectivity index (χ3n) is 3.82. The van der Waals surface area contributed by atoms with Crippen LogP contribution in [0.3, 0.4) is 0 Å². The van der Waals surface area contributed by atoms with Crippen LogP contribution in [0.4, 0.5) is 4.79 Å². The zero-order valence-corrected chi connectivity index (χ0v) is 13.5. The fraction of sp³-hybridized carbons (Fsp3) is 0.562. The van der Waals surface area contributed by atoms with Crippen molar-refractivity contribution in [1.29, 1.82) is 0 Å². The molecular weight excluding hydrogens is 284 g/mol. The first kappa shape index (κ1) is 16.2. The predicted octanol–water partition coefficient (Wildman–Crippen LogP) is 2.81. The maximum absolute atomic E-state index is 11.8. The van der Waals surface area contributed by atoms with Gasteiger partial charge in [-0.3, -0.25) is 0 Å². The molecule has 0 spiro atoms. The number of carbonyl (C=O) groups excluding carboxylic acids is 1. The Balaban J connectivity index is 1.78. The Morgan fingerprint density at radius 3 is 2.86 bits per heavy atom. The number of hydrogen-bond donors (Lipinski definition) is 2. The standard InChI is InChI=1S/C16H24N2O2S/c1-12(21-2)10-17-16(19)18-11-14-8-9-20-15(14)13-6-4-3-5-7-13/h3-7,12,14-15H,8-11H2,1-2H3,(H2,17,18,19)/t12-,14-,15-/m0/s1. The van der Waals surface area contributed by atoms with E-state index in [1.54, 1.807) is 11.8 Å². The predicted molar refractivity (Wildman–Crippen MR) is 87.6 cm³/mol. The zero-order chi connectivity index (χ0) is 15.1. The lowest BCUT2D eigenvalue weighted by Gasteiger charge is -2.19. The van der Waals surface area contributed by atoms with Crippen molar-refractivity contribution in [2.75, 3.05) is 26.0 Å². The maximum atomic E-state index is 11.8. The number of benzene rings is 1. The van der Waals surface area contributed by atoms with Crippen LogP contribution in [0, 0.1) is 5.92 Å². The fourth-order valence-corrected chi connectivity index (χ4v) is 2.71. The largest absolute Gasteiger partial charge is 0.373 e. The van der Waals surface area contributed by atoms with Gasteiger partial charge >= 0.3 is 6.03 Å². The summed E-state index contributed by atoms with van der Waals surface area (Å²) in [6, 6.07) is 10.1. The summed E-state index contributed by atoms with van der Waals surface area (Å²) < 4.78 is 5.82. The van der Waals surface area contributed by atoms with Crippen LogP contribution >= 0.6 is 11.8 Å². The normalized spacial score (nSPS) is 22.8. The summed E-state index contributed by atoms with van der Waals surface area (Å²) in [7, 11) is 0.